The largest absolute Gasteiger partial charge is 0.357 e. The van der Waals surface area contributed by atoms with Crippen molar-refractivity contribution >= 4 is 17.6 Å². The van der Waals surface area contributed by atoms with E-state index >= 15 is 0 Å². The Balaban J connectivity index is 1.97. The lowest BCUT2D eigenvalue weighted by molar-refractivity contribution is 0.461. The Labute approximate surface area is 136 Å². The lowest BCUT2D eigenvalue weighted by Gasteiger charge is -2.22. The summed E-state index contributed by atoms with van der Waals surface area (Å²) in [6.07, 6.45) is 7.43. The molecular weight excluding hydrogens is 300 g/mol. The first kappa shape index (κ1) is 16.4. The molecule has 0 bridgehead atoms. The summed E-state index contributed by atoms with van der Waals surface area (Å²) < 4.78 is 4.05. The van der Waals surface area contributed by atoms with Gasteiger partial charge in [-0.25, -0.2) is 4.98 Å². The molecule has 6 nitrogen and oxygen atoms in total. The van der Waals surface area contributed by atoms with Crippen molar-refractivity contribution in [1.82, 2.24) is 24.3 Å². The van der Waals surface area contributed by atoms with E-state index in [4.69, 9.17) is 11.6 Å². The number of nitrogens with zero attached hydrogens (tertiary/aromatic N) is 5. The van der Waals surface area contributed by atoms with Crippen molar-refractivity contribution in [3.63, 3.8) is 0 Å². The summed E-state index contributed by atoms with van der Waals surface area (Å²) in [5, 5.41) is 4.08. The van der Waals surface area contributed by atoms with Gasteiger partial charge in [-0.15, -0.1) is 0 Å². The topological polar surface area (TPSA) is 50.4 Å². The van der Waals surface area contributed by atoms with Crippen molar-refractivity contribution in [3.8, 4) is 0 Å². The van der Waals surface area contributed by atoms with Gasteiger partial charge in [0, 0.05) is 51.5 Å². The maximum absolute atomic E-state index is 6.04. The van der Waals surface area contributed by atoms with Gasteiger partial charge in [0.15, 0.2) is 5.96 Å². The summed E-state index contributed by atoms with van der Waals surface area (Å²) in [5.41, 5.74) is 1.15. The maximum atomic E-state index is 6.04. The number of hydrogen-bond acceptors (Lipinski definition) is 2. The molecule has 22 heavy (non-hydrogen) atoms. The smallest absolute Gasteiger partial charge is 0.194 e. The van der Waals surface area contributed by atoms with E-state index < -0.39 is 0 Å². The van der Waals surface area contributed by atoms with Crippen LogP contribution in [0, 0.1) is 0 Å². The Morgan fingerprint density at radius 3 is 2.91 bits per heavy atom. The van der Waals surface area contributed by atoms with Gasteiger partial charge in [-0.3, -0.25) is 4.99 Å². The highest BCUT2D eigenvalue weighted by Gasteiger charge is 2.09. The van der Waals surface area contributed by atoms with Crippen LogP contribution in [0.15, 0.2) is 36.0 Å². The molecular formula is C15H23ClN6. The zero-order valence-electron chi connectivity index (χ0n) is 13.3. The first-order valence-electron chi connectivity index (χ1n) is 7.36. The highest BCUT2D eigenvalue weighted by Crippen LogP contribution is 2.14. The lowest BCUT2D eigenvalue weighted by Crippen LogP contribution is -2.39. The third-order valence-corrected chi connectivity index (χ3v) is 3.56. The molecule has 0 unspecified atom stereocenters. The summed E-state index contributed by atoms with van der Waals surface area (Å²) in [6.45, 7) is 5.18. The highest BCUT2D eigenvalue weighted by molar-refractivity contribution is 6.30. The van der Waals surface area contributed by atoms with Gasteiger partial charge in [-0.1, -0.05) is 11.6 Å². The van der Waals surface area contributed by atoms with Gasteiger partial charge in [0.05, 0.1) is 24.4 Å². The molecule has 0 aliphatic carbocycles. The number of aromatic nitrogens is 3. The zero-order chi connectivity index (χ0) is 15.9. The molecule has 7 heteroatoms. The van der Waals surface area contributed by atoms with Crippen LogP contribution in [0.25, 0.3) is 0 Å². The number of nitrogens with one attached hydrogen (secondary N) is 1. The minimum absolute atomic E-state index is 0.705. The monoisotopic (exact) mass is 322 g/mol. The Morgan fingerprint density at radius 1 is 1.50 bits per heavy atom. The molecule has 0 aromatic carbocycles. The van der Waals surface area contributed by atoms with E-state index in [0.717, 1.165) is 36.3 Å². The van der Waals surface area contributed by atoms with E-state index in [9.17, 15) is 0 Å². The predicted molar refractivity (Wildman–Crippen MR) is 90.1 cm³/mol. The molecule has 0 amide bonds. The van der Waals surface area contributed by atoms with Crippen LogP contribution in [0.4, 0.5) is 0 Å². The number of imidazole rings is 1. The molecule has 0 saturated carbocycles. The van der Waals surface area contributed by atoms with Crippen LogP contribution in [0.1, 0.15) is 12.6 Å². The quantitative estimate of drug-likeness (QED) is 0.653. The van der Waals surface area contributed by atoms with Gasteiger partial charge in [0.2, 0.25) is 0 Å². The Morgan fingerprint density at radius 2 is 2.32 bits per heavy atom. The third kappa shape index (κ3) is 4.53. The fourth-order valence-electron chi connectivity index (χ4n) is 2.20. The van der Waals surface area contributed by atoms with Crippen LogP contribution >= 0.6 is 11.6 Å². The molecule has 0 fully saturated rings. The summed E-state index contributed by atoms with van der Waals surface area (Å²) >= 11 is 6.04. The number of aryl methyl sites for hydroxylation is 1. The minimum Gasteiger partial charge on any atom is -0.357 e. The number of aliphatic imine (C=N–C) groups is 1. The van der Waals surface area contributed by atoms with Gasteiger partial charge < -0.3 is 19.4 Å². The van der Waals surface area contributed by atoms with Crippen molar-refractivity contribution in [2.75, 3.05) is 20.1 Å². The van der Waals surface area contributed by atoms with Gasteiger partial charge in [0.25, 0.3) is 0 Å². The zero-order valence-corrected chi connectivity index (χ0v) is 14.1. The van der Waals surface area contributed by atoms with E-state index in [2.05, 4.69) is 27.1 Å². The molecule has 2 heterocycles. The predicted octanol–water partition coefficient (Wildman–Crippen LogP) is 1.97. The third-order valence-electron chi connectivity index (χ3n) is 3.35. The standard InChI is InChI=1S/C15H23ClN6/c1-4-18-15(19-6-8-22-7-5-17-12-22)21(3)11-14-9-13(16)10-20(14)2/h5,7,9-10,12H,4,6,8,11H2,1-3H3,(H,18,19). The first-order valence-corrected chi connectivity index (χ1v) is 7.74. The second-order valence-corrected chi connectivity index (χ2v) is 5.59. The van der Waals surface area contributed by atoms with Crippen LogP contribution in [0.5, 0.6) is 0 Å². The fraction of sp³-hybridized carbons (Fsp3) is 0.467. The van der Waals surface area contributed by atoms with Crippen LogP contribution in [0.2, 0.25) is 5.02 Å². The van der Waals surface area contributed by atoms with Crippen molar-refractivity contribution in [2.24, 2.45) is 12.0 Å². The fourth-order valence-corrected chi connectivity index (χ4v) is 2.47. The Bertz CT molecular complexity index is 602. The van der Waals surface area contributed by atoms with Crippen LogP contribution < -0.4 is 5.32 Å². The van der Waals surface area contributed by atoms with Crippen LogP contribution in [-0.2, 0) is 20.1 Å². The number of halogens is 1. The average molecular weight is 323 g/mol. The van der Waals surface area contributed by atoms with Crippen molar-refractivity contribution in [3.05, 3.63) is 41.7 Å². The number of hydrogen-bond donors (Lipinski definition) is 1. The van der Waals surface area contributed by atoms with Gasteiger partial charge in [0.1, 0.15) is 0 Å². The van der Waals surface area contributed by atoms with E-state index in [1.807, 2.05) is 41.7 Å². The second-order valence-electron chi connectivity index (χ2n) is 5.15. The molecule has 0 spiro atoms. The van der Waals surface area contributed by atoms with E-state index in [1.165, 1.54) is 0 Å². The first-order chi connectivity index (χ1) is 10.6. The average Bonchev–Trinajstić information content (AvgIpc) is 3.08. The molecule has 2 aromatic rings. The Hall–Kier alpha value is -1.95. The van der Waals surface area contributed by atoms with Gasteiger partial charge in [-0.2, -0.15) is 0 Å². The molecule has 0 aliphatic rings. The highest BCUT2D eigenvalue weighted by atomic mass is 35.5. The SMILES string of the molecule is CCNC(=NCCn1ccnc1)N(C)Cc1cc(Cl)cn1C. The molecule has 2 rings (SSSR count). The van der Waals surface area contributed by atoms with Gasteiger partial charge in [-0.05, 0) is 13.0 Å². The van der Waals surface area contributed by atoms with Crippen LogP contribution in [0.3, 0.4) is 0 Å². The second kappa shape index (κ2) is 7.89. The summed E-state index contributed by atoms with van der Waals surface area (Å²) in [4.78, 5) is 10.8. The van der Waals surface area contributed by atoms with Crippen molar-refractivity contribution in [1.29, 1.82) is 0 Å². The molecule has 1 N–H and O–H groups in total. The van der Waals surface area contributed by atoms with E-state index in [0.29, 0.717) is 6.54 Å². The summed E-state index contributed by atoms with van der Waals surface area (Å²) in [7, 11) is 4.03. The van der Waals surface area contributed by atoms with Crippen LogP contribution in [-0.4, -0.2) is 45.1 Å². The van der Waals surface area contributed by atoms with Gasteiger partial charge >= 0.3 is 0 Å². The molecule has 2 aromatic heterocycles. The Kier molecular flexibility index (Phi) is 5.89. The van der Waals surface area contributed by atoms with Crippen molar-refractivity contribution < 1.29 is 0 Å². The molecule has 0 radical (unpaired) electrons. The summed E-state index contributed by atoms with van der Waals surface area (Å²) in [5.74, 6) is 0.889. The molecule has 120 valence electrons. The molecule has 0 saturated heterocycles. The summed E-state index contributed by atoms with van der Waals surface area (Å²) in [6, 6.07) is 1.98. The maximum Gasteiger partial charge on any atom is 0.194 e. The number of guanidine groups is 1. The van der Waals surface area contributed by atoms with Crippen molar-refractivity contribution in [2.45, 2.75) is 20.0 Å². The normalized spacial score (nSPS) is 11.7. The van der Waals surface area contributed by atoms with E-state index in [-0.39, 0.29) is 0 Å². The number of rotatable bonds is 6. The minimum atomic E-state index is 0.705. The molecule has 0 aliphatic heterocycles. The lowest BCUT2D eigenvalue weighted by atomic mass is 10.4. The molecule has 0 atom stereocenters. The van der Waals surface area contributed by atoms with E-state index in [1.54, 1.807) is 12.5 Å².